The summed E-state index contributed by atoms with van der Waals surface area (Å²) < 4.78 is 0. The van der Waals surface area contributed by atoms with E-state index in [0.717, 1.165) is 37.7 Å². The lowest BCUT2D eigenvalue weighted by atomic mass is 10.0. The topological polar surface area (TPSA) is 49.3 Å². The van der Waals surface area contributed by atoms with Crippen molar-refractivity contribution < 1.29 is 4.79 Å². The number of carbonyl (C=O) groups is 1. The fraction of sp³-hybridized carbons (Fsp3) is 0.389. The Balaban J connectivity index is 1.43. The summed E-state index contributed by atoms with van der Waals surface area (Å²) in [5.41, 5.74) is 1.52. The number of anilines is 1. The van der Waals surface area contributed by atoms with Gasteiger partial charge in [-0.1, -0.05) is 23.7 Å². The molecule has 2 aromatic rings. The molecule has 0 spiro atoms. The number of likely N-dealkylation sites (tertiary alicyclic amines) is 1. The molecule has 0 aliphatic carbocycles. The fourth-order valence-corrected chi connectivity index (χ4v) is 3.93. The second-order valence-electron chi connectivity index (χ2n) is 6.65. The minimum atomic E-state index is 0.0386. The summed E-state index contributed by atoms with van der Waals surface area (Å²) in [6.45, 7) is 5.35. The molecule has 1 amide bonds. The van der Waals surface area contributed by atoms with Gasteiger partial charge in [-0.3, -0.25) is 4.79 Å². The molecule has 0 bridgehead atoms. The van der Waals surface area contributed by atoms with Gasteiger partial charge in [-0.15, -0.1) is 5.10 Å². The van der Waals surface area contributed by atoms with Gasteiger partial charge in [0.15, 0.2) is 5.82 Å². The largest absolute Gasteiger partial charge is 0.354 e. The molecule has 5 nitrogen and oxygen atoms in total. The maximum absolute atomic E-state index is 12.7. The van der Waals surface area contributed by atoms with Crippen molar-refractivity contribution in [3.8, 4) is 0 Å². The maximum atomic E-state index is 12.7. The molecule has 124 valence electrons. The minimum Gasteiger partial charge on any atom is -0.354 e. The maximum Gasteiger partial charge on any atom is 0.255 e. The average Bonchev–Trinajstić information content (AvgIpc) is 3.14. The lowest BCUT2D eigenvalue weighted by molar-refractivity contribution is 0.0782. The van der Waals surface area contributed by atoms with Crippen LogP contribution in [0.1, 0.15) is 16.1 Å². The predicted octanol–water partition coefficient (Wildman–Crippen LogP) is 2.65. The van der Waals surface area contributed by atoms with E-state index in [2.05, 4.69) is 15.1 Å². The Morgan fingerprint density at radius 3 is 2.38 bits per heavy atom. The first-order valence-corrected chi connectivity index (χ1v) is 8.58. The monoisotopic (exact) mass is 342 g/mol. The predicted molar refractivity (Wildman–Crippen MR) is 93.3 cm³/mol. The second kappa shape index (κ2) is 6.06. The van der Waals surface area contributed by atoms with Crippen molar-refractivity contribution in [2.75, 3.05) is 31.1 Å². The van der Waals surface area contributed by atoms with Crippen LogP contribution in [0.25, 0.3) is 0 Å². The molecule has 0 saturated carbocycles. The van der Waals surface area contributed by atoms with Crippen LogP contribution in [0, 0.1) is 18.8 Å². The molecule has 2 saturated heterocycles. The summed E-state index contributed by atoms with van der Waals surface area (Å²) in [6.07, 6.45) is 0. The van der Waals surface area contributed by atoms with Crippen LogP contribution in [-0.2, 0) is 0 Å². The highest BCUT2D eigenvalue weighted by Gasteiger charge is 2.42. The number of hydrogen-bond donors (Lipinski definition) is 0. The van der Waals surface area contributed by atoms with Crippen molar-refractivity contribution in [3.05, 3.63) is 52.7 Å². The standard InChI is InChI=1S/C18H19ClN4O/c1-12-6-7-17(21-20-12)22-8-13-10-23(11-14(13)9-22)18(24)15-4-2-3-5-16(15)19/h2-7,13-14H,8-11H2,1H3. The summed E-state index contributed by atoms with van der Waals surface area (Å²) in [5.74, 6) is 1.94. The number of aryl methyl sites for hydroxylation is 1. The van der Waals surface area contributed by atoms with Gasteiger partial charge >= 0.3 is 0 Å². The smallest absolute Gasteiger partial charge is 0.255 e. The number of hydrogen-bond acceptors (Lipinski definition) is 4. The Labute approximate surface area is 146 Å². The zero-order chi connectivity index (χ0) is 16.7. The van der Waals surface area contributed by atoms with Gasteiger partial charge in [0.05, 0.1) is 16.3 Å². The Morgan fingerprint density at radius 2 is 1.75 bits per heavy atom. The molecule has 2 aliphatic heterocycles. The van der Waals surface area contributed by atoms with Crippen molar-refractivity contribution >= 4 is 23.3 Å². The van der Waals surface area contributed by atoms with Gasteiger partial charge in [0.25, 0.3) is 5.91 Å². The molecule has 2 aliphatic rings. The van der Waals surface area contributed by atoms with Crippen LogP contribution in [-0.4, -0.2) is 47.2 Å². The average molecular weight is 343 g/mol. The molecule has 0 N–H and O–H groups in total. The zero-order valence-electron chi connectivity index (χ0n) is 13.5. The van der Waals surface area contributed by atoms with Crippen LogP contribution >= 0.6 is 11.6 Å². The van der Waals surface area contributed by atoms with Gasteiger partial charge in [0, 0.05) is 38.0 Å². The third-order valence-electron chi connectivity index (χ3n) is 4.99. The number of aromatic nitrogens is 2. The van der Waals surface area contributed by atoms with E-state index in [9.17, 15) is 4.79 Å². The Hall–Kier alpha value is -2.14. The van der Waals surface area contributed by atoms with Crippen molar-refractivity contribution in [3.63, 3.8) is 0 Å². The van der Waals surface area contributed by atoms with E-state index < -0.39 is 0 Å². The Morgan fingerprint density at radius 1 is 1.04 bits per heavy atom. The molecule has 2 fully saturated rings. The molecule has 6 heteroatoms. The van der Waals surface area contributed by atoms with Crippen LogP contribution in [0.15, 0.2) is 36.4 Å². The normalized spacial score (nSPS) is 22.8. The number of amides is 1. The third kappa shape index (κ3) is 2.73. The van der Waals surface area contributed by atoms with E-state index >= 15 is 0 Å². The molecule has 0 radical (unpaired) electrons. The Bertz CT molecular complexity index is 750. The van der Waals surface area contributed by atoms with E-state index in [-0.39, 0.29) is 5.91 Å². The molecule has 4 rings (SSSR count). The van der Waals surface area contributed by atoms with Crippen LogP contribution in [0.3, 0.4) is 0 Å². The molecule has 1 aromatic heterocycles. The molecular weight excluding hydrogens is 324 g/mol. The highest BCUT2D eigenvalue weighted by Crippen LogP contribution is 2.34. The zero-order valence-corrected chi connectivity index (χ0v) is 14.3. The van der Waals surface area contributed by atoms with Crippen LogP contribution in [0.5, 0.6) is 0 Å². The van der Waals surface area contributed by atoms with E-state index in [4.69, 9.17) is 11.6 Å². The highest BCUT2D eigenvalue weighted by atomic mass is 35.5. The minimum absolute atomic E-state index is 0.0386. The second-order valence-corrected chi connectivity index (χ2v) is 7.06. The molecular formula is C18H19ClN4O. The number of fused-ring (bicyclic) bond motifs is 1. The number of carbonyl (C=O) groups excluding carboxylic acids is 1. The van der Waals surface area contributed by atoms with Crippen molar-refractivity contribution in [2.45, 2.75) is 6.92 Å². The molecule has 2 unspecified atom stereocenters. The van der Waals surface area contributed by atoms with Crippen molar-refractivity contribution in [2.24, 2.45) is 11.8 Å². The van der Waals surface area contributed by atoms with Gasteiger partial charge in [0.1, 0.15) is 0 Å². The van der Waals surface area contributed by atoms with Gasteiger partial charge in [-0.2, -0.15) is 5.10 Å². The van der Waals surface area contributed by atoms with Gasteiger partial charge in [0.2, 0.25) is 0 Å². The lowest BCUT2D eigenvalue weighted by Crippen LogP contribution is -2.33. The third-order valence-corrected chi connectivity index (χ3v) is 5.32. The molecule has 2 atom stereocenters. The fourth-order valence-electron chi connectivity index (χ4n) is 3.71. The molecule has 24 heavy (non-hydrogen) atoms. The van der Waals surface area contributed by atoms with Crippen molar-refractivity contribution in [1.29, 1.82) is 0 Å². The summed E-state index contributed by atoms with van der Waals surface area (Å²) >= 11 is 6.16. The SMILES string of the molecule is Cc1ccc(N2CC3CN(C(=O)c4ccccc4Cl)CC3C2)nn1. The van der Waals surface area contributed by atoms with Gasteiger partial charge in [-0.05, 0) is 31.2 Å². The number of halogens is 1. The quantitative estimate of drug-likeness (QED) is 0.842. The van der Waals surface area contributed by atoms with Crippen LogP contribution in [0.2, 0.25) is 5.02 Å². The summed E-state index contributed by atoms with van der Waals surface area (Å²) in [6, 6.07) is 11.3. The number of nitrogens with zero attached hydrogens (tertiary/aromatic N) is 4. The molecule has 3 heterocycles. The van der Waals surface area contributed by atoms with E-state index in [1.54, 1.807) is 12.1 Å². The number of rotatable bonds is 2. The van der Waals surface area contributed by atoms with E-state index in [0.29, 0.717) is 22.4 Å². The van der Waals surface area contributed by atoms with E-state index in [1.165, 1.54) is 0 Å². The van der Waals surface area contributed by atoms with E-state index in [1.807, 2.05) is 36.1 Å². The van der Waals surface area contributed by atoms with Crippen molar-refractivity contribution in [1.82, 2.24) is 15.1 Å². The van der Waals surface area contributed by atoms with Crippen LogP contribution < -0.4 is 4.90 Å². The van der Waals surface area contributed by atoms with Gasteiger partial charge in [-0.25, -0.2) is 0 Å². The first kappa shape index (κ1) is 15.4. The first-order chi connectivity index (χ1) is 11.6. The lowest BCUT2D eigenvalue weighted by Gasteiger charge is -2.22. The molecule has 1 aromatic carbocycles. The summed E-state index contributed by atoms with van der Waals surface area (Å²) in [5, 5.41) is 8.94. The first-order valence-electron chi connectivity index (χ1n) is 8.21. The Kier molecular flexibility index (Phi) is 3.88. The summed E-state index contributed by atoms with van der Waals surface area (Å²) in [4.78, 5) is 16.9. The number of benzene rings is 1. The van der Waals surface area contributed by atoms with Gasteiger partial charge < -0.3 is 9.80 Å². The van der Waals surface area contributed by atoms with Crippen LogP contribution in [0.4, 0.5) is 5.82 Å². The highest BCUT2D eigenvalue weighted by molar-refractivity contribution is 6.33. The summed E-state index contributed by atoms with van der Waals surface area (Å²) in [7, 11) is 0.